The van der Waals surface area contributed by atoms with Crippen LogP contribution in [0.5, 0.6) is 5.75 Å². The van der Waals surface area contributed by atoms with E-state index in [1.807, 2.05) is 13.8 Å². The van der Waals surface area contributed by atoms with Gasteiger partial charge in [0.25, 0.3) is 5.91 Å². The minimum Gasteiger partial charge on any atom is -0.488 e. The van der Waals surface area contributed by atoms with Crippen molar-refractivity contribution in [2.24, 2.45) is 0 Å². The third-order valence-electron chi connectivity index (χ3n) is 2.82. The molecule has 0 radical (unpaired) electrons. The molecule has 0 aliphatic carbocycles. The molecule has 0 atom stereocenters. The van der Waals surface area contributed by atoms with Crippen LogP contribution in [0, 0.1) is 12.7 Å². The number of nitrogens with one attached hydrogen (secondary N) is 1. The fraction of sp³-hybridized carbons (Fsp3) is 0.462. The van der Waals surface area contributed by atoms with Crippen molar-refractivity contribution in [2.75, 3.05) is 6.54 Å². The lowest BCUT2D eigenvalue weighted by atomic mass is 9.95. The molecule has 1 amide bonds. The Hall–Kier alpha value is -1.58. The summed E-state index contributed by atoms with van der Waals surface area (Å²) in [6.45, 7) is 5.95. The summed E-state index contributed by atoms with van der Waals surface area (Å²) in [6, 6.07) is 1.42. The molecule has 0 saturated heterocycles. The first-order chi connectivity index (χ1) is 8.00. The monoisotopic (exact) mass is 237 g/mol. The van der Waals surface area contributed by atoms with E-state index in [1.54, 1.807) is 6.92 Å². The van der Waals surface area contributed by atoms with Gasteiger partial charge in [-0.3, -0.25) is 4.79 Å². The van der Waals surface area contributed by atoms with Gasteiger partial charge in [-0.2, -0.15) is 0 Å². The summed E-state index contributed by atoms with van der Waals surface area (Å²) in [6.07, 6.45) is 0.550. The van der Waals surface area contributed by atoms with Gasteiger partial charge in [-0.15, -0.1) is 0 Å². The zero-order valence-electron chi connectivity index (χ0n) is 10.3. The van der Waals surface area contributed by atoms with Crippen LogP contribution in [-0.4, -0.2) is 18.6 Å². The van der Waals surface area contributed by atoms with Crippen molar-refractivity contribution in [1.82, 2.24) is 5.32 Å². The van der Waals surface area contributed by atoms with E-state index in [0.29, 0.717) is 24.1 Å². The lowest BCUT2D eigenvalue weighted by Gasteiger charge is -2.22. The van der Waals surface area contributed by atoms with E-state index >= 15 is 0 Å². The highest BCUT2D eigenvalue weighted by molar-refractivity contribution is 5.98. The second-order valence-electron chi connectivity index (χ2n) is 4.52. The van der Waals surface area contributed by atoms with E-state index < -0.39 is 0 Å². The van der Waals surface area contributed by atoms with Crippen LogP contribution >= 0.6 is 0 Å². The maximum absolute atomic E-state index is 13.9. The number of fused-ring (bicyclic) bond motifs is 1. The van der Waals surface area contributed by atoms with Crippen molar-refractivity contribution in [2.45, 2.75) is 33.3 Å². The molecule has 1 aliphatic heterocycles. The quantitative estimate of drug-likeness (QED) is 0.856. The Bertz CT molecular complexity index is 469. The molecule has 92 valence electrons. The van der Waals surface area contributed by atoms with Gasteiger partial charge >= 0.3 is 0 Å². The summed E-state index contributed by atoms with van der Waals surface area (Å²) in [5, 5.41) is 2.76. The fourth-order valence-electron chi connectivity index (χ4n) is 2.12. The van der Waals surface area contributed by atoms with E-state index in [-0.39, 0.29) is 23.6 Å². The molecule has 17 heavy (non-hydrogen) atoms. The van der Waals surface area contributed by atoms with E-state index in [9.17, 15) is 9.18 Å². The number of hydrogen-bond acceptors (Lipinski definition) is 2. The number of amides is 1. The third kappa shape index (κ3) is 2.12. The van der Waals surface area contributed by atoms with Crippen LogP contribution in [0.4, 0.5) is 4.39 Å². The Morgan fingerprint density at radius 3 is 2.82 bits per heavy atom. The zero-order chi connectivity index (χ0) is 12.6. The Morgan fingerprint density at radius 1 is 1.47 bits per heavy atom. The highest BCUT2D eigenvalue weighted by Crippen LogP contribution is 2.30. The second kappa shape index (κ2) is 4.35. The van der Waals surface area contributed by atoms with Gasteiger partial charge in [-0.05, 0) is 38.8 Å². The highest BCUT2D eigenvalue weighted by Gasteiger charge is 2.24. The van der Waals surface area contributed by atoms with Crippen molar-refractivity contribution in [3.63, 3.8) is 0 Å². The third-order valence-corrected chi connectivity index (χ3v) is 2.82. The smallest absolute Gasteiger partial charge is 0.251 e. The molecule has 0 unspecified atom stereocenters. The summed E-state index contributed by atoms with van der Waals surface area (Å²) >= 11 is 0. The lowest BCUT2D eigenvalue weighted by molar-refractivity contribution is 0.0944. The molecule has 1 heterocycles. The van der Waals surface area contributed by atoms with Crippen molar-refractivity contribution in [3.8, 4) is 5.75 Å². The first-order valence-electron chi connectivity index (χ1n) is 5.77. The zero-order valence-corrected chi connectivity index (χ0v) is 10.3. The number of benzene rings is 1. The highest BCUT2D eigenvalue weighted by atomic mass is 19.1. The maximum atomic E-state index is 13.9. The minimum atomic E-state index is -0.385. The first kappa shape index (κ1) is 11.9. The van der Waals surface area contributed by atoms with Gasteiger partial charge in [0.2, 0.25) is 0 Å². The number of halogens is 1. The Morgan fingerprint density at radius 2 is 2.18 bits per heavy atom. The molecule has 2 rings (SSSR count). The average molecular weight is 237 g/mol. The Balaban J connectivity index is 2.55. The molecule has 3 nitrogen and oxygen atoms in total. The van der Waals surface area contributed by atoms with Gasteiger partial charge in [0.05, 0.1) is 6.10 Å². The van der Waals surface area contributed by atoms with Crippen molar-refractivity contribution < 1.29 is 13.9 Å². The van der Waals surface area contributed by atoms with Crippen molar-refractivity contribution in [1.29, 1.82) is 0 Å². The van der Waals surface area contributed by atoms with Crippen molar-refractivity contribution >= 4 is 5.91 Å². The molecule has 0 aromatic heterocycles. The SMILES string of the molecule is Cc1c(OC(C)C)c(F)cc2c1C(=O)NCC2. The van der Waals surface area contributed by atoms with Gasteiger partial charge in [0, 0.05) is 17.7 Å². The van der Waals surface area contributed by atoms with Crippen LogP contribution in [0.15, 0.2) is 6.07 Å². The largest absolute Gasteiger partial charge is 0.488 e. The number of carbonyl (C=O) groups is 1. The molecule has 0 saturated carbocycles. The summed E-state index contributed by atoms with van der Waals surface area (Å²) in [5.41, 5.74) is 1.92. The number of ether oxygens (including phenoxy) is 1. The van der Waals surface area contributed by atoms with Crippen LogP contribution in [0.25, 0.3) is 0 Å². The van der Waals surface area contributed by atoms with Crippen LogP contribution in [-0.2, 0) is 6.42 Å². The number of rotatable bonds is 2. The van der Waals surface area contributed by atoms with Gasteiger partial charge in [-0.25, -0.2) is 4.39 Å². The van der Waals surface area contributed by atoms with E-state index in [1.165, 1.54) is 6.07 Å². The summed E-state index contributed by atoms with van der Waals surface area (Å²) in [5.74, 6) is -0.335. The lowest BCUT2D eigenvalue weighted by Crippen LogP contribution is -2.33. The molecule has 1 aromatic carbocycles. The summed E-state index contributed by atoms with van der Waals surface area (Å²) in [7, 11) is 0. The molecule has 1 N–H and O–H groups in total. The Kier molecular flexibility index (Phi) is 3.05. The van der Waals surface area contributed by atoms with Crippen LogP contribution in [0.3, 0.4) is 0 Å². The second-order valence-corrected chi connectivity index (χ2v) is 4.52. The molecule has 1 aromatic rings. The van der Waals surface area contributed by atoms with E-state index in [2.05, 4.69) is 5.32 Å². The number of carbonyl (C=O) groups excluding carboxylic acids is 1. The Labute approximate surface area is 100.0 Å². The van der Waals surface area contributed by atoms with Crippen LogP contribution in [0.1, 0.15) is 35.3 Å². The summed E-state index contributed by atoms with van der Waals surface area (Å²) < 4.78 is 19.3. The van der Waals surface area contributed by atoms with Crippen LogP contribution < -0.4 is 10.1 Å². The minimum absolute atomic E-state index is 0.118. The summed E-state index contributed by atoms with van der Waals surface area (Å²) in [4.78, 5) is 11.8. The molecule has 1 aliphatic rings. The topological polar surface area (TPSA) is 38.3 Å². The fourth-order valence-corrected chi connectivity index (χ4v) is 2.12. The van der Waals surface area contributed by atoms with E-state index in [0.717, 1.165) is 5.56 Å². The first-order valence-corrected chi connectivity index (χ1v) is 5.77. The van der Waals surface area contributed by atoms with Crippen LogP contribution in [0.2, 0.25) is 0 Å². The predicted molar refractivity (Wildman–Crippen MR) is 62.9 cm³/mol. The predicted octanol–water partition coefficient (Wildman–Crippen LogP) is 2.21. The molecular formula is C13H16FNO2. The molecule has 0 fully saturated rings. The maximum Gasteiger partial charge on any atom is 0.251 e. The van der Waals surface area contributed by atoms with Gasteiger partial charge in [-0.1, -0.05) is 0 Å². The average Bonchev–Trinajstić information content (AvgIpc) is 2.23. The normalized spacial score (nSPS) is 14.5. The standard InChI is InChI=1S/C13H16FNO2/c1-7(2)17-12-8(3)11-9(6-10(12)14)4-5-15-13(11)16/h6-7H,4-5H2,1-3H3,(H,15,16). The van der Waals surface area contributed by atoms with Gasteiger partial charge < -0.3 is 10.1 Å². The van der Waals surface area contributed by atoms with Crippen molar-refractivity contribution in [3.05, 3.63) is 28.6 Å². The van der Waals surface area contributed by atoms with Gasteiger partial charge in [0.1, 0.15) is 0 Å². The molecule has 0 bridgehead atoms. The molecular weight excluding hydrogens is 221 g/mol. The number of hydrogen-bond donors (Lipinski definition) is 1. The molecule has 4 heteroatoms. The van der Waals surface area contributed by atoms with Gasteiger partial charge in [0.15, 0.2) is 11.6 Å². The van der Waals surface area contributed by atoms with E-state index in [4.69, 9.17) is 4.74 Å². The molecule has 0 spiro atoms.